The summed E-state index contributed by atoms with van der Waals surface area (Å²) in [6.45, 7) is 4.26. The second-order valence-electron chi connectivity index (χ2n) is 4.96. The summed E-state index contributed by atoms with van der Waals surface area (Å²) in [7, 11) is 0. The molecule has 0 aliphatic heterocycles. The first-order chi connectivity index (χ1) is 11.0. The fraction of sp³-hybridized carbons (Fsp3) is 0.400. The van der Waals surface area contributed by atoms with Gasteiger partial charge >= 0.3 is 0 Å². The molecule has 2 N–H and O–H groups in total. The highest BCUT2D eigenvalue weighted by Gasteiger charge is 2.15. The number of aromatic nitrogens is 1. The lowest BCUT2D eigenvalue weighted by molar-refractivity contribution is -0.127. The molecule has 1 heterocycles. The molecule has 1 atom stereocenters. The Kier molecular flexibility index (Phi) is 6.68. The first-order valence-corrected chi connectivity index (χ1v) is 9.43. The Morgan fingerprint density at radius 2 is 2.22 bits per heavy atom. The van der Waals surface area contributed by atoms with Crippen LogP contribution in [0.4, 0.5) is 0 Å². The average molecular weight is 372 g/mol. The van der Waals surface area contributed by atoms with Gasteiger partial charge in [0.15, 0.2) is 4.34 Å². The van der Waals surface area contributed by atoms with Crippen LogP contribution in [0.5, 0.6) is 0 Å². The smallest absolute Gasteiger partial charge is 0.242 e. The number of carbonyl (C=O) groups excluding carboxylic acids is 2. The minimum Gasteiger partial charge on any atom is -0.354 e. The van der Waals surface area contributed by atoms with Crippen molar-refractivity contribution < 1.29 is 9.59 Å². The molecule has 0 unspecified atom stereocenters. The van der Waals surface area contributed by atoms with Crippen LogP contribution in [0.25, 0.3) is 10.2 Å². The first-order valence-electron chi connectivity index (χ1n) is 7.25. The fourth-order valence-electron chi connectivity index (χ4n) is 1.82. The molecular formula is C15H18ClN3O2S2. The van der Waals surface area contributed by atoms with Gasteiger partial charge in [0.2, 0.25) is 11.8 Å². The number of halogens is 1. The maximum absolute atomic E-state index is 11.9. The maximum atomic E-state index is 11.9. The number of thiazole rings is 1. The molecule has 0 aliphatic carbocycles. The standard InChI is InChI=1S/C15H18ClN3O2S2/c1-3-6-17-14(21)9(2)18-13(20)8-22-15-19-11-7-10(16)4-5-12(11)23-15/h4-5,7,9H,3,6,8H2,1-2H3,(H,17,21)(H,18,20)/t9-/m0/s1. The number of fused-ring (bicyclic) bond motifs is 1. The number of hydrogen-bond acceptors (Lipinski definition) is 5. The van der Waals surface area contributed by atoms with E-state index in [2.05, 4.69) is 15.6 Å². The van der Waals surface area contributed by atoms with Gasteiger partial charge < -0.3 is 10.6 Å². The molecule has 0 saturated heterocycles. The van der Waals surface area contributed by atoms with Crippen LogP contribution in [0.2, 0.25) is 5.02 Å². The molecule has 124 valence electrons. The lowest BCUT2D eigenvalue weighted by Crippen LogP contribution is -2.45. The van der Waals surface area contributed by atoms with Gasteiger partial charge in [-0.05, 0) is 31.5 Å². The number of rotatable bonds is 7. The molecule has 2 aromatic rings. The van der Waals surface area contributed by atoms with Gasteiger partial charge in [-0.25, -0.2) is 4.98 Å². The lowest BCUT2D eigenvalue weighted by Gasteiger charge is -2.13. The Balaban J connectivity index is 1.84. The second kappa shape index (κ2) is 8.52. The van der Waals surface area contributed by atoms with E-state index in [1.54, 1.807) is 13.0 Å². The van der Waals surface area contributed by atoms with Gasteiger partial charge in [-0.15, -0.1) is 11.3 Å². The van der Waals surface area contributed by atoms with Crippen molar-refractivity contribution in [2.75, 3.05) is 12.3 Å². The molecule has 2 rings (SSSR count). The van der Waals surface area contributed by atoms with Gasteiger partial charge in [-0.3, -0.25) is 9.59 Å². The molecule has 2 amide bonds. The van der Waals surface area contributed by atoms with E-state index in [9.17, 15) is 9.59 Å². The summed E-state index contributed by atoms with van der Waals surface area (Å²) in [5.74, 6) is -0.134. The zero-order valence-corrected chi connectivity index (χ0v) is 15.3. The van der Waals surface area contributed by atoms with Gasteiger partial charge in [-0.2, -0.15) is 0 Å². The predicted octanol–water partition coefficient (Wildman–Crippen LogP) is 3.07. The molecule has 0 saturated carbocycles. The van der Waals surface area contributed by atoms with Crippen molar-refractivity contribution >= 4 is 56.7 Å². The van der Waals surface area contributed by atoms with Crippen LogP contribution in [0.1, 0.15) is 20.3 Å². The minimum absolute atomic E-state index is 0.167. The molecule has 5 nitrogen and oxygen atoms in total. The summed E-state index contributed by atoms with van der Waals surface area (Å²) in [4.78, 5) is 28.1. The van der Waals surface area contributed by atoms with Crippen LogP contribution in [0.15, 0.2) is 22.5 Å². The highest BCUT2D eigenvalue weighted by atomic mass is 35.5. The molecule has 1 aromatic heterocycles. The van der Waals surface area contributed by atoms with Gasteiger partial charge in [0.25, 0.3) is 0 Å². The van der Waals surface area contributed by atoms with Crippen LogP contribution < -0.4 is 10.6 Å². The fourth-order valence-corrected chi connectivity index (χ4v) is 3.84. The summed E-state index contributed by atoms with van der Waals surface area (Å²) in [6, 6.07) is 5.00. The SMILES string of the molecule is CCCNC(=O)[C@H](C)NC(=O)CSc1nc2cc(Cl)ccc2s1. The van der Waals surface area contributed by atoms with Gasteiger partial charge in [-0.1, -0.05) is 30.3 Å². The average Bonchev–Trinajstić information content (AvgIpc) is 2.92. The Labute approximate surface area is 148 Å². The highest BCUT2D eigenvalue weighted by molar-refractivity contribution is 8.01. The van der Waals surface area contributed by atoms with Gasteiger partial charge in [0.05, 0.1) is 16.0 Å². The molecule has 0 spiro atoms. The van der Waals surface area contributed by atoms with E-state index in [4.69, 9.17) is 11.6 Å². The van der Waals surface area contributed by atoms with E-state index in [1.807, 2.05) is 19.1 Å². The quantitative estimate of drug-likeness (QED) is 0.734. The molecule has 1 aromatic carbocycles. The highest BCUT2D eigenvalue weighted by Crippen LogP contribution is 2.30. The molecule has 0 aliphatic rings. The number of hydrogen-bond donors (Lipinski definition) is 2. The number of nitrogens with zero attached hydrogens (tertiary/aromatic N) is 1. The van der Waals surface area contributed by atoms with E-state index < -0.39 is 6.04 Å². The molecule has 0 radical (unpaired) electrons. The van der Waals surface area contributed by atoms with Crippen molar-refractivity contribution in [3.63, 3.8) is 0 Å². The second-order valence-corrected chi connectivity index (χ2v) is 7.65. The van der Waals surface area contributed by atoms with Crippen molar-refractivity contribution in [3.8, 4) is 0 Å². The van der Waals surface area contributed by atoms with Crippen molar-refractivity contribution in [1.29, 1.82) is 0 Å². The Bertz CT molecular complexity index is 705. The topological polar surface area (TPSA) is 71.1 Å². The summed E-state index contributed by atoms with van der Waals surface area (Å²) in [6.07, 6.45) is 0.865. The number of carbonyl (C=O) groups is 2. The third kappa shape index (κ3) is 5.37. The number of amides is 2. The maximum Gasteiger partial charge on any atom is 0.242 e. The van der Waals surface area contributed by atoms with Crippen molar-refractivity contribution in [2.24, 2.45) is 0 Å². The number of benzene rings is 1. The molecule has 0 fully saturated rings. The van der Waals surface area contributed by atoms with Crippen molar-refractivity contribution in [1.82, 2.24) is 15.6 Å². The third-order valence-corrected chi connectivity index (χ3v) is 5.39. The normalized spacial score (nSPS) is 12.1. The van der Waals surface area contributed by atoms with Crippen LogP contribution in [-0.2, 0) is 9.59 Å². The predicted molar refractivity (Wildman–Crippen MR) is 96.3 cm³/mol. The van der Waals surface area contributed by atoms with E-state index >= 15 is 0 Å². The van der Waals surface area contributed by atoms with Crippen LogP contribution in [-0.4, -0.2) is 35.1 Å². The minimum atomic E-state index is -0.538. The van der Waals surface area contributed by atoms with Crippen molar-refractivity contribution in [2.45, 2.75) is 30.6 Å². The molecule has 23 heavy (non-hydrogen) atoms. The lowest BCUT2D eigenvalue weighted by atomic mass is 10.3. The van der Waals surface area contributed by atoms with Gasteiger partial charge in [0, 0.05) is 11.6 Å². The van der Waals surface area contributed by atoms with E-state index in [-0.39, 0.29) is 17.6 Å². The van der Waals surface area contributed by atoms with E-state index in [0.29, 0.717) is 11.6 Å². The van der Waals surface area contributed by atoms with Crippen molar-refractivity contribution in [3.05, 3.63) is 23.2 Å². The van der Waals surface area contributed by atoms with Crippen LogP contribution in [0.3, 0.4) is 0 Å². The monoisotopic (exact) mass is 371 g/mol. The largest absolute Gasteiger partial charge is 0.354 e. The number of thioether (sulfide) groups is 1. The zero-order valence-electron chi connectivity index (χ0n) is 12.9. The zero-order chi connectivity index (χ0) is 16.8. The Morgan fingerprint density at radius 1 is 1.43 bits per heavy atom. The summed E-state index contributed by atoms with van der Waals surface area (Å²) < 4.78 is 1.84. The van der Waals surface area contributed by atoms with E-state index in [1.165, 1.54) is 23.1 Å². The molecular weight excluding hydrogens is 354 g/mol. The summed E-state index contributed by atoms with van der Waals surface area (Å²) >= 11 is 8.80. The molecule has 0 bridgehead atoms. The Hall–Kier alpha value is -1.31. The van der Waals surface area contributed by atoms with E-state index in [0.717, 1.165) is 21.0 Å². The van der Waals surface area contributed by atoms with Crippen LogP contribution >= 0.6 is 34.7 Å². The third-order valence-electron chi connectivity index (χ3n) is 2.98. The van der Waals surface area contributed by atoms with Gasteiger partial charge in [0.1, 0.15) is 6.04 Å². The first kappa shape index (κ1) is 18.0. The summed E-state index contributed by atoms with van der Waals surface area (Å²) in [5.41, 5.74) is 0.831. The molecule has 8 heteroatoms. The summed E-state index contributed by atoms with van der Waals surface area (Å²) in [5, 5.41) is 6.08. The van der Waals surface area contributed by atoms with Crippen LogP contribution in [0, 0.1) is 0 Å². The number of nitrogens with one attached hydrogen (secondary N) is 2. The Morgan fingerprint density at radius 3 is 2.96 bits per heavy atom.